The molecule has 0 aromatic heterocycles. The monoisotopic (exact) mass is 480 g/mol. The minimum absolute atomic E-state index is 0.214. The summed E-state index contributed by atoms with van der Waals surface area (Å²) in [4.78, 5) is 41.8. The number of hydrogen-bond acceptors (Lipinski definition) is 6. The van der Waals surface area contributed by atoms with Crippen molar-refractivity contribution >= 4 is 19.8 Å². The van der Waals surface area contributed by atoms with Crippen LogP contribution in [0.25, 0.3) is 0 Å². The number of ether oxygens (including phenoxy) is 2. The van der Waals surface area contributed by atoms with E-state index in [1.807, 2.05) is 0 Å². The van der Waals surface area contributed by atoms with E-state index < -0.39 is 32.5 Å². The van der Waals surface area contributed by atoms with Crippen molar-refractivity contribution in [2.45, 2.75) is 123 Å². The minimum Gasteiger partial charge on any atom is -0.462 e. The summed E-state index contributed by atoms with van der Waals surface area (Å²) < 4.78 is 25.8. The van der Waals surface area contributed by atoms with Gasteiger partial charge in [0.05, 0.1) is 6.61 Å². The average molecular weight is 481 g/mol. The van der Waals surface area contributed by atoms with Gasteiger partial charge in [0.15, 0.2) is 6.10 Å². The quantitative estimate of drug-likeness (QED) is 0.113. The van der Waals surface area contributed by atoms with Crippen molar-refractivity contribution in [1.29, 1.82) is 0 Å². The molecule has 0 saturated heterocycles. The Labute approximate surface area is 194 Å². The summed E-state index contributed by atoms with van der Waals surface area (Å²) >= 11 is 0. The molecule has 32 heavy (non-hydrogen) atoms. The van der Waals surface area contributed by atoms with Gasteiger partial charge in [0.25, 0.3) is 0 Å². The highest BCUT2D eigenvalue weighted by Gasteiger charge is 2.22. The standard InChI is InChI=1S/C23H45O8P/c1-3-5-7-9-11-13-15-17-22(24)29-19-21(20-30-32(26,27)28)31-23(25)18-16-14-12-10-8-6-4-2/h21H,3-20H2,1-2H3,(H2,26,27,28)/t21-/m1/s1. The van der Waals surface area contributed by atoms with E-state index in [1.54, 1.807) is 0 Å². The van der Waals surface area contributed by atoms with Crippen molar-refractivity contribution in [3.05, 3.63) is 0 Å². The van der Waals surface area contributed by atoms with Crippen molar-refractivity contribution in [1.82, 2.24) is 0 Å². The van der Waals surface area contributed by atoms with Crippen LogP contribution in [0, 0.1) is 0 Å². The first-order valence-corrected chi connectivity index (χ1v) is 13.9. The number of hydrogen-bond donors (Lipinski definition) is 2. The van der Waals surface area contributed by atoms with Crippen LogP contribution in [-0.2, 0) is 28.2 Å². The third kappa shape index (κ3) is 22.3. The summed E-state index contributed by atoms with van der Waals surface area (Å²) in [5.74, 6) is -0.899. The van der Waals surface area contributed by atoms with Crippen molar-refractivity contribution in [2.24, 2.45) is 0 Å². The van der Waals surface area contributed by atoms with Crippen LogP contribution >= 0.6 is 7.82 Å². The van der Waals surface area contributed by atoms with Gasteiger partial charge >= 0.3 is 19.8 Å². The molecule has 0 amide bonds. The zero-order chi connectivity index (χ0) is 24.1. The molecule has 8 nitrogen and oxygen atoms in total. The number of carbonyl (C=O) groups excluding carboxylic acids is 2. The topological polar surface area (TPSA) is 119 Å². The molecule has 2 N–H and O–H groups in total. The molecule has 0 heterocycles. The Morgan fingerprint density at radius 1 is 0.688 bits per heavy atom. The normalized spacial score (nSPS) is 12.5. The van der Waals surface area contributed by atoms with Crippen LogP contribution in [0.3, 0.4) is 0 Å². The largest absolute Gasteiger partial charge is 0.469 e. The molecule has 0 radical (unpaired) electrons. The molecule has 0 bridgehead atoms. The van der Waals surface area contributed by atoms with Gasteiger partial charge in [-0.1, -0.05) is 90.9 Å². The molecule has 0 saturated carbocycles. The van der Waals surface area contributed by atoms with Gasteiger partial charge in [0.1, 0.15) is 6.61 Å². The van der Waals surface area contributed by atoms with Gasteiger partial charge in [-0.3, -0.25) is 14.1 Å². The fourth-order valence-corrected chi connectivity index (χ4v) is 3.61. The molecule has 0 unspecified atom stereocenters. The molecule has 0 aliphatic rings. The first-order valence-electron chi connectivity index (χ1n) is 12.3. The molecular weight excluding hydrogens is 435 g/mol. The van der Waals surface area contributed by atoms with Crippen LogP contribution in [0.15, 0.2) is 0 Å². The van der Waals surface area contributed by atoms with E-state index in [-0.39, 0.29) is 19.4 Å². The molecular formula is C23H45O8P. The number of carbonyl (C=O) groups is 2. The van der Waals surface area contributed by atoms with Crippen LogP contribution in [-0.4, -0.2) is 41.0 Å². The zero-order valence-electron chi connectivity index (χ0n) is 20.1. The first-order chi connectivity index (χ1) is 15.3. The molecule has 0 rings (SSSR count). The fourth-order valence-electron chi connectivity index (χ4n) is 3.25. The number of phosphoric acid groups is 1. The van der Waals surface area contributed by atoms with Crippen LogP contribution < -0.4 is 0 Å². The summed E-state index contributed by atoms with van der Waals surface area (Å²) in [5.41, 5.74) is 0. The molecule has 0 aromatic carbocycles. The molecule has 0 fully saturated rings. The predicted octanol–water partition coefficient (Wildman–Crippen LogP) is 5.83. The maximum absolute atomic E-state index is 12.1. The lowest BCUT2D eigenvalue weighted by Gasteiger charge is -2.18. The van der Waals surface area contributed by atoms with Gasteiger partial charge in [-0.25, -0.2) is 4.57 Å². The van der Waals surface area contributed by atoms with Gasteiger partial charge in [0.2, 0.25) is 0 Å². The fraction of sp³-hybridized carbons (Fsp3) is 0.913. The molecule has 0 spiro atoms. The Balaban J connectivity index is 4.17. The Kier molecular flexibility index (Phi) is 20.0. The maximum Gasteiger partial charge on any atom is 0.469 e. The van der Waals surface area contributed by atoms with Gasteiger partial charge in [0, 0.05) is 12.8 Å². The Hall–Kier alpha value is -0.950. The SMILES string of the molecule is CCCCCCCCCC(=O)OC[C@H](COP(=O)(O)O)OC(=O)CCCCCCCCC. The number of rotatable bonds is 22. The molecule has 190 valence electrons. The Morgan fingerprint density at radius 3 is 1.59 bits per heavy atom. The average Bonchev–Trinajstić information content (AvgIpc) is 2.73. The van der Waals surface area contributed by atoms with Crippen LogP contribution in [0.1, 0.15) is 117 Å². The van der Waals surface area contributed by atoms with E-state index in [2.05, 4.69) is 18.4 Å². The summed E-state index contributed by atoms with van der Waals surface area (Å²) in [7, 11) is -4.72. The van der Waals surface area contributed by atoms with Gasteiger partial charge in [-0.05, 0) is 12.8 Å². The lowest BCUT2D eigenvalue weighted by molar-refractivity contribution is -0.161. The number of esters is 2. The van der Waals surface area contributed by atoms with E-state index in [4.69, 9.17) is 19.3 Å². The molecule has 0 aliphatic heterocycles. The highest BCUT2D eigenvalue weighted by atomic mass is 31.2. The van der Waals surface area contributed by atoms with E-state index in [1.165, 1.54) is 44.9 Å². The number of phosphoric ester groups is 1. The molecule has 0 aliphatic carbocycles. The summed E-state index contributed by atoms with van der Waals surface area (Å²) in [6.45, 7) is 3.52. The number of unbranched alkanes of at least 4 members (excludes halogenated alkanes) is 12. The Morgan fingerprint density at radius 2 is 1.12 bits per heavy atom. The second-order valence-corrected chi connectivity index (χ2v) is 9.56. The van der Waals surface area contributed by atoms with Crippen molar-refractivity contribution in [2.75, 3.05) is 13.2 Å². The third-order valence-corrected chi connectivity index (χ3v) is 5.61. The van der Waals surface area contributed by atoms with Crippen LogP contribution in [0.4, 0.5) is 0 Å². The minimum atomic E-state index is -4.72. The van der Waals surface area contributed by atoms with Crippen LogP contribution in [0.2, 0.25) is 0 Å². The van der Waals surface area contributed by atoms with E-state index >= 15 is 0 Å². The highest BCUT2D eigenvalue weighted by molar-refractivity contribution is 7.46. The Bertz CT molecular complexity index is 520. The van der Waals surface area contributed by atoms with Crippen molar-refractivity contribution in [3.8, 4) is 0 Å². The second kappa shape index (κ2) is 20.6. The smallest absolute Gasteiger partial charge is 0.462 e. The molecule has 1 atom stereocenters. The van der Waals surface area contributed by atoms with Gasteiger partial charge in [-0.15, -0.1) is 0 Å². The van der Waals surface area contributed by atoms with Crippen molar-refractivity contribution < 1.29 is 37.9 Å². The van der Waals surface area contributed by atoms with E-state index in [0.717, 1.165) is 38.5 Å². The van der Waals surface area contributed by atoms with E-state index in [9.17, 15) is 14.2 Å². The third-order valence-electron chi connectivity index (χ3n) is 5.13. The highest BCUT2D eigenvalue weighted by Crippen LogP contribution is 2.35. The summed E-state index contributed by atoms with van der Waals surface area (Å²) in [5, 5.41) is 0. The van der Waals surface area contributed by atoms with Gasteiger partial charge in [-0.2, -0.15) is 0 Å². The van der Waals surface area contributed by atoms with Crippen molar-refractivity contribution in [3.63, 3.8) is 0 Å². The molecule has 0 aromatic rings. The lowest BCUT2D eigenvalue weighted by atomic mass is 10.1. The second-order valence-electron chi connectivity index (χ2n) is 8.32. The maximum atomic E-state index is 12.1. The zero-order valence-corrected chi connectivity index (χ0v) is 21.0. The van der Waals surface area contributed by atoms with E-state index in [0.29, 0.717) is 6.42 Å². The summed E-state index contributed by atoms with van der Waals surface area (Å²) in [6, 6.07) is 0. The lowest BCUT2D eigenvalue weighted by Crippen LogP contribution is -2.29. The van der Waals surface area contributed by atoms with Gasteiger partial charge < -0.3 is 19.3 Å². The van der Waals surface area contributed by atoms with Crippen LogP contribution in [0.5, 0.6) is 0 Å². The summed E-state index contributed by atoms with van der Waals surface area (Å²) in [6.07, 6.45) is 14.5. The predicted molar refractivity (Wildman–Crippen MR) is 124 cm³/mol. The first kappa shape index (κ1) is 31.0. The molecule has 9 heteroatoms.